The summed E-state index contributed by atoms with van der Waals surface area (Å²) < 4.78 is 5.51. The van der Waals surface area contributed by atoms with Crippen molar-refractivity contribution in [3.8, 4) is 5.75 Å². The second-order valence-electron chi connectivity index (χ2n) is 4.65. The number of carboxylic acid groups (broad SMARTS) is 1. The number of aliphatic carboxylic acids is 1. The molecule has 0 radical (unpaired) electrons. The van der Waals surface area contributed by atoms with E-state index >= 15 is 0 Å². The van der Waals surface area contributed by atoms with E-state index in [-0.39, 0.29) is 0 Å². The van der Waals surface area contributed by atoms with Gasteiger partial charge in [0, 0.05) is 0 Å². The summed E-state index contributed by atoms with van der Waals surface area (Å²) in [7, 11) is 0. The highest BCUT2D eigenvalue weighted by Gasteiger charge is 2.20. The summed E-state index contributed by atoms with van der Waals surface area (Å²) in [6.07, 6.45) is -0.747. The van der Waals surface area contributed by atoms with Crippen molar-refractivity contribution in [1.29, 1.82) is 0 Å². The Balaban J connectivity index is 2.66. The van der Waals surface area contributed by atoms with E-state index in [1.807, 2.05) is 32.0 Å². The maximum atomic E-state index is 11.7. The highest BCUT2D eigenvalue weighted by molar-refractivity contribution is 5.86. The van der Waals surface area contributed by atoms with Gasteiger partial charge >= 0.3 is 5.97 Å². The molecule has 104 valence electrons. The second kappa shape index (κ2) is 6.22. The summed E-state index contributed by atoms with van der Waals surface area (Å²) in [5.74, 6) is -0.927. The number of hydrogen-bond donors (Lipinski definition) is 2. The van der Waals surface area contributed by atoms with Crippen LogP contribution in [0.1, 0.15) is 25.0 Å². The lowest BCUT2D eigenvalue weighted by Crippen LogP contribution is -2.44. The summed E-state index contributed by atoms with van der Waals surface area (Å²) in [5, 5.41) is 11.1. The minimum atomic E-state index is -1.08. The number of carbonyl (C=O) groups excluding carboxylic acids is 1. The number of aryl methyl sites for hydroxylation is 2. The van der Waals surface area contributed by atoms with Crippen LogP contribution in [0.25, 0.3) is 0 Å². The molecule has 0 aliphatic heterocycles. The van der Waals surface area contributed by atoms with E-state index in [1.165, 1.54) is 6.92 Å². The van der Waals surface area contributed by atoms with Gasteiger partial charge in [-0.25, -0.2) is 0 Å². The van der Waals surface area contributed by atoms with Crippen molar-refractivity contribution in [3.05, 3.63) is 29.3 Å². The predicted octanol–water partition coefficient (Wildman–Crippen LogP) is 1.66. The summed E-state index contributed by atoms with van der Waals surface area (Å²) in [6, 6.07) is 4.73. The molecular weight excluding hydrogens is 246 g/mol. The Morgan fingerprint density at radius 2 is 1.68 bits per heavy atom. The number of carboxylic acids is 1. The molecule has 0 aliphatic carbocycles. The van der Waals surface area contributed by atoms with E-state index in [1.54, 1.807) is 6.92 Å². The Morgan fingerprint density at radius 1 is 1.16 bits per heavy atom. The Morgan fingerprint density at radius 3 is 2.16 bits per heavy atom. The van der Waals surface area contributed by atoms with Gasteiger partial charge in [0.15, 0.2) is 6.10 Å². The van der Waals surface area contributed by atoms with E-state index in [0.717, 1.165) is 11.1 Å². The molecule has 19 heavy (non-hydrogen) atoms. The van der Waals surface area contributed by atoms with Gasteiger partial charge in [-0.2, -0.15) is 0 Å². The zero-order valence-electron chi connectivity index (χ0n) is 11.6. The first-order chi connectivity index (χ1) is 8.79. The predicted molar refractivity (Wildman–Crippen MR) is 71.2 cm³/mol. The van der Waals surface area contributed by atoms with Gasteiger partial charge in [0.1, 0.15) is 11.8 Å². The van der Waals surface area contributed by atoms with Crippen LogP contribution in [0.4, 0.5) is 0 Å². The molecule has 2 unspecified atom stereocenters. The Bertz CT molecular complexity index is 464. The lowest BCUT2D eigenvalue weighted by molar-refractivity contribution is -0.142. The third-order valence-electron chi connectivity index (χ3n) is 2.61. The molecule has 0 spiro atoms. The minimum Gasteiger partial charge on any atom is -0.481 e. The number of rotatable bonds is 5. The molecule has 1 aromatic carbocycles. The van der Waals surface area contributed by atoms with E-state index in [4.69, 9.17) is 9.84 Å². The maximum Gasteiger partial charge on any atom is 0.325 e. The number of carbonyl (C=O) groups is 2. The topological polar surface area (TPSA) is 75.6 Å². The molecule has 0 saturated carbocycles. The molecule has 5 heteroatoms. The summed E-state index contributed by atoms with van der Waals surface area (Å²) in [4.78, 5) is 22.4. The molecule has 0 heterocycles. The van der Waals surface area contributed by atoms with Gasteiger partial charge in [-0.05, 0) is 51.0 Å². The zero-order chi connectivity index (χ0) is 14.6. The van der Waals surface area contributed by atoms with Crippen LogP contribution < -0.4 is 10.1 Å². The van der Waals surface area contributed by atoms with Crippen molar-refractivity contribution in [2.45, 2.75) is 39.8 Å². The van der Waals surface area contributed by atoms with Crippen molar-refractivity contribution in [3.63, 3.8) is 0 Å². The smallest absolute Gasteiger partial charge is 0.325 e. The van der Waals surface area contributed by atoms with Crippen LogP contribution in [0.3, 0.4) is 0 Å². The number of hydrogen-bond acceptors (Lipinski definition) is 3. The minimum absolute atomic E-state index is 0.450. The van der Waals surface area contributed by atoms with Gasteiger partial charge in [0.25, 0.3) is 5.91 Å². The third-order valence-corrected chi connectivity index (χ3v) is 2.61. The molecular formula is C14H19NO4. The first-order valence-electron chi connectivity index (χ1n) is 6.07. The third kappa shape index (κ3) is 4.62. The van der Waals surface area contributed by atoms with Crippen molar-refractivity contribution in [2.75, 3.05) is 0 Å². The Labute approximate surface area is 112 Å². The highest BCUT2D eigenvalue weighted by Crippen LogP contribution is 2.17. The highest BCUT2D eigenvalue weighted by atomic mass is 16.5. The molecule has 1 aromatic rings. The van der Waals surface area contributed by atoms with Gasteiger partial charge in [-0.1, -0.05) is 6.07 Å². The van der Waals surface area contributed by atoms with Gasteiger partial charge in [-0.15, -0.1) is 0 Å². The molecule has 0 bridgehead atoms. The van der Waals surface area contributed by atoms with Gasteiger partial charge in [0.2, 0.25) is 0 Å². The summed E-state index contributed by atoms with van der Waals surface area (Å²) in [5.41, 5.74) is 2.09. The second-order valence-corrected chi connectivity index (χ2v) is 4.65. The number of benzene rings is 1. The van der Waals surface area contributed by atoms with Gasteiger partial charge in [-0.3, -0.25) is 9.59 Å². The van der Waals surface area contributed by atoms with Crippen LogP contribution in [0.2, 0.25) is 0 Å². The van der Waals surface area contributed by atoms with E-state index in [9.17, 15) is 9.59 Å². The summed E-state index contributed by atoms with van der Waals surface area (Å²) in [6.45, 7) is 6.87. The molecule has 0 aliphatic rings. The SMILES string of the molecule is Cc1cc(C)cc(OC(C)C(=O)NC(C)C(=O)O)c1. The van der Waals surface area contributed by atoms with Crippen LogP contribution in [-0.4, -0.2) is 29.1 Å². The number of amides is 1. The van der Waals surface area contributed by atoms with Crippen LogP contribution in [0, 0.1) is 13.8 Å². The van der Waals surface area contributed by atoms with Crippen molar-refractivity contribution < 1.29 is 19.4 Å². The molecule has 2 atom stereocenters. The molecule has 0 aromatic heterocycles. The molecule has 5 nitrogen and oxygen atoms in total. The maximum absolute atomic E-state index is 11.7. The van der Waals surface area contributed by atoms with Crippen LogP contribution in [-0.2, 0) is 9.59 Å². The fraction of sp³-hybridized carbons (Fsp3) is 0.429. The van der Waals surface area contributed by atoms with Crippen LogP contribution in [0.5, 0.6) is 5.75 Å². The van der Waals surface area contributed by atoms with E-state index in [2.05, 4.69) is 5.32 Å². The monoisotopic (exact) mass is 265 g/mol. The van der Waals surface area contributed by atoms with Crippen LogP contribution >= 0.6 is 0 Å². The first-order valence-corrected chi connectivity index (χ1v) is 6.07. The number of nitrogens with one attached hydrogen (secondary N) is 1. The van der Waals surface area contributed by atoms with E-state index < -0.39 is 24.0 Å². The van der Waals surface area contributed by atoms with Crippen molar-refractivity contribution in [1.82, 2.24) is 5.32 Å². The molecule has 0 saturated heterocycles. The lowest BCUT2D eigenvalue weighted by atomic mass is 10.1. The quantitative estimate of drug-likeness (QED) is 0.849. The molecule has 1 rings (SSSR count). The standard InChI is InChI=1S/C14H19NO4/c1-8-5-9(2)7-12(6-8)19-11(4)13(16)15-10(3)14(17)18/h5-7,10-11H,1-4H3,(H,15,16)(H,17,18). The average molecular weight is 265 g/mol. The fourth-order valence-electron chi connectivity index (χ4n) is 1.65. The van der Waals surface area contributed by atoms with Crippen molar-refractivity contribution in [2.24, 2.45) is 0 Å². The summed E-state index contributed by atoms with van der Waals surface area (Å²) >= 11 is 0. The van der Waals surface area contributed by atoms with Crippen LogP contribution in [0.15, 0.2) is 18.2 Å². The van der Waals surface area contributed by atoms with E-state index in [0.29, 0.717) is 5.75 Å². The Kier molecular flexibility index (Phi) is 4.92. The normalized spacial score (nSPS) is 13.5. The first kappa shape index (κ1) is 15.0. The molecule has 1 amide bonds. The number of ether oxygens (including phenoxy) is 1. The molecule has 0 fully saturated rings. The zero-order valence-corrected chi connectivity index (χ0v) is 11.6. The van der Waals surface area contributed by atoms with Gasteiger partial charge < -0.3 is 15.2 Å². The van der Waals surface area contributed by atoms with Crippen molar-refractivity contribution >= 4 is 11.9 Å². The van der Waals surface area contributed by atoms with Gasteiger partial charge in [0.05, 0.1) is 0 Å². The fourth-order valence-corrected chi connectivity index (χ4v) is 1.65. The molecule has 2 N–H and O–H groups in total. The Hall–Kier alpha value is -2.04. The largest absolute Gasteiger partial charge is 0.481 e. The lowest BCUT2D eigenvalue weighted by Gasteiger charge is -2.17. The average Bonchev–Trinajstić information content (AvgIpc) is 2.26.